The van der Waals surface area contributed by atoms with Crippen molar-refractivity contribution >= 4 is 0 Å². The summed E-state index contributed by atoms with van der Waals surface area (Å²) in [7, 11) is 0. The molecule has 96 valence electrons. The average Bonchev–Trinajstić information content (AvgIpc) is 2.91. The third kappa shape index (κ3) is 1.85. The fraction of sp³-hybridized carbons (Fsp3) is 0.375. The van der Waals surface area contributed by atoms with Gasteiger partial charge in [0.25, 0.3) is 0 Å². The molecule has 1 atom stereocenters. The van der Waals surface area contributed by atoms with E-state index in [0.29, 0.717) is 5.92 Å². The first-order valence-corrected chi connectivity index (χ1v) is 7.05. The van der Waals surface area contributed by atoms with E-state index in [4.69, 9.17) is 4.98 Å². The van der Waals surface area contributed by atoms with Crippen LogP contribution < -0.4 is 5.32 Å². The molecule has 0 saturated carbocycles. The summed E-state index contributed by atoms with van der Waals surface area (Å²) in [5.41, 5.74) is 5.40. The molecule has 0 fully saturated rings. The fourth-order valence-corrected chi connectivity index (χ4v) is 3.24. The highest BCUT2D eigenvalue weighted by atomic mass is 14.9. The van der Waals surface area contributed by atoms with Crippen molar-refractivity contribution < 1.29 is 0 Å². The molecule has 0 spiro atoms. The molecule has 1 aromatic carbocycles. The molecule has 2 aromatic rings. The van der Waals surface area contributed by atoms with Crippen molar-refractivity contribution in [1.29, 1.82) is 0 Å². The summed E-state index contributed by atoms with van der Waals surface area (Å²) >= 11 is 0. The zero-order valence-corrected chi connectivity index (χ0v) is 10.9. The first kappa shape index (κ1) is 11.1. The van der Waals surface area contributed by atoms with Crippen LogP contribution in [0.15, 0.2) is 30.5 Å². The zero-order valence-electron chi connectivity index (χ0n) is 10.9. The second kappa shape index (κ2) is 4.42. The molecule has 0 amide bonds. The van der Waals surface area contributed by atoms with Crippen LogP contribution in [0.2, 0.25) is 0 Å². The number of fused-ring (bicyclic) bond motifs is 2. The van der Waals surface area contributed by atoms with Crippen LogP contribution in [0.5, 0.6) is 0 Å². The average molecular weight is 251 g/mol. The number of hydrogen-bond acceptors (Lipinski definition) is 3. The minimum Gasteiger partial charge on any atom is -0.312 e. The number of aryl methyl sites for hydroxylation is 1. The lowest BCUT2D eigenvalue weighted by Crippen LogP contribution is -2.25. The first-order valence-electron chi connectivity index (χ1n) is 7.05. The van der Waals surface area contributed by atoms with E-state index < -0.39 is 0 Å². The van der Waals surface area contributed by atoms with Gasteiger partial charge in [-0.1, -0.05) is 24.3 Å². The predicted octanol–water partition coefficient (Wildman–Crippen LogP) is 2.20. The number of nitrogens with one attached hydrogen (secondary N) is 1. The molecule has 1 aromatic heterocycles. The molecular weight excluding hydrogens is 234 g/mol. The maximum Gasteiger partial charge on any atom is 0.136 e. The van der Waals surface area contributed by atoms with Gasteiger partial charge >= 0.3 is 0 Å². The molecule has 3 nitrogen and oxygen atoms in total. The van der Waals surface area contributed by atoms with Crippen molar-refractivity contribution in [2.45, 2.75) is 31.7 Å². The van der Waals surface area contributed by atoms with Crippen LogP contribution in [-0.4, -0.2) is 16.5 Å². The molecule has 2 aliphatic rings. The van der Waals surface area contributed by atoms with Crippen molar-refractivity contribution in [3.8, 4) is 0 Å². The summed E-state index contributed by atoms with van der Waals surface area (Å²) in [6.45, 7) is 1.95. The molecule has 2 heterocycles. The molecule has 1 unspecified atom stereocenters. The van der Waals surface area contributed by atoms with Crippen LogP contribution in [0, 0.1) is 0 Å². The SMILES string of the molecule is c1ccc2c(c1)CCC2c1ncc2c(n1)CCNC2. The Bertz CT molecular complexity index is 621. The Morgan fingerprint density at radius 2 is 2.05 bits per heavy atom. The lowest BCUT2D eigenvalue weighted by molar-refractivity contribution is 0.611. The summed E-state index contributed by atoms with van der Waals surface area (Å²) < 4.78 is 0. The smallest absolute Gasteiger partial charge is 0.136 e. The van der Waals surface area contributed by atoms with E-state index in [1.165, 1.54) is 22.4 Å². The van der Waals surface area contributed by atoms with Gasteiger partial charge in [0.2, 0.25) is 0 Å². The Morgan fingerprint density at radius 1 is 1.11 bits per heavy atom. The topological polar surface area (TPSA) is 37.8 Å². The van der Waals surface area contributed by atoms with Crippen molar-refractivity contribution in [3.05, 3.63) is 58.7 Å². The molecule has 0 saturated heterocycles. The summed E-state index contributed by atoms with van der Waals surface area (Å²) in [6, 6.07) is 8.72. The monoisotopic (exact) mass is 251 g/mol. The van der Waals surface area contributed by atoms with Crippen LogP contribution in [0.1, 0.15) is 40.5 Å². The quantitative estimate of drug-likeness (QED) is 0.844. The number of benzene rings is 1. The Hall–Kier alpha value is -1.74. The highest BCUT2D eigenvalue weighted by Crippen LogP contribution is 2.36. The van der Waals surface area contributed by atoms with E-state index >= 15 is 0 Å². The maximum absolute atomic E-state index is 4.84. The fourth-order valence-electron chi connectivity index (χ4n) is 3.24. The Labute approximate surface area is 113 Å². The van der Waals surface area contributed by atoms with E-state index in [1.807, 2.05) is 6.20 Å². The number of nitrogens with zero attached hydrogens (tertiary/aromatic N) is 2. The molecule has 0 radical (unpaired) electrons. The third-order valence-electron chi connectivity index (χ3n) is 4.27. The second-order valence-corrected chi connectivity index (χ2v) is 5.42. The van der Waals surface area contributed by atoms with Gasteiger partial charge in [-0.3, -0.25) is 0 Å². The van der Waals surface area contributed by atoms with E-state index in [2.05, 4.69) is 34.6 Å². The van der Waals surface area contributed by atoms with Crippen LogP contribution in [0.3, 0.4) is 0 Å². The molecule has 1 aliphatic heterocycles. The minimum atomic E-state index is 0.399. The molecule has 0 bridgehead atoms. The van der Waals surface area contributed by atoms with Crippen LogP contribution in [-0.2, 0) is 19.4 Å². The van der Waals surface area contributed by atoms with E-state index in [9.17, 15) is 0 Å². The van der Waals surface area contributed by atoms with Crippen LogP contribution >= 0.6 is 0 Å². The van der Waals surface area contributed by atoms with Crippen molar-refractivity contribution in [2.24, 2.45) is 0 Å². The summed E-state index contributed by atoms with van der Waals surface area (Å²) in [5, 5.41) is 3.37. The highest BCUT2D eigenvalue weighted by Gasteiger charge is 2.26. The second-order valence-electron chi connectivity index (χ2n) is 5.42. The third-order valence-corrected chi connectivity index (χ3v) is 4.27. The Balaban J connectivity index is 1.74. The molecule has 1 N–H and O–H groups in total. The van der Waals surface area contributed by atoms with Gasteiger partial charge in [-0.25, -0.2) is 9.97 Å². The summed E-state index contributed by atoms with van der Waals surface area (Å²) in [6.07, 6.45) is 5.35. The normalized spacial score (nSPS) is 20.9. The van der Waals surface area contributed by atoms with Crippen LogP contribution in [0.25, 0.3) is 0 Å². The molecule has 4 rings (SSSR count). The lowest BCUT2D eigenvalue weighted by Gasteiger charge is -2.18. The van der Waals surface area contributed by atoms with E-state index in [-0.39, 0.29) is 0 Å². The highest BCUT2D eigenvalue weighted by molar-refractivity contribution is 5.39. The first-order chi connectivity index (χ1) is 9.42. The lowest BCUT2D eigenvalue weighted by atomic mass is 10.00. The van der Waals surface area contributed by atoms with Crippen molar-refractivity contribution in [2.75, 3.05) is 6.54 Å². The number of rotatable bonds is 1. The zero-order chi connectivity index (χ0) is 12.7. The predicted molar refractivity (Wildman–Crippen MR) is 74.0 cm³/mol. The van der Waals surface area contributed by atoms with Gasteiger partial charge in [-0.2, -0.15) is 0 Å². The standard InChI is InChI=1S/C16H17N3/c1-2-4-13-11(3-1)5-6-14(13)16-18-10-12-9-17-8-7-15(12)19-16/h1-4,10,14,17H,5-9H2. The van der Waals surface area contributed by atoms with Gasteiger partial charge in [0.15, 0.2) is 0 Å². The van der Waals surface area contributed by atoms with Crippen molar-refractivity contribution in [3.63, 3.8) is 0 Å². The molecular formula is C16H17N3. The Kier molecular flexibility index (Phi) is 2.59. The van der Waals surface area contributed by atoms with Gasteiger partial charge in [-0.05, 0) is 24.0 Å². The van der Waals surface area contributed by atoms with Gasteiger partial charge in [-0.15, -0.1) is 0 Å². The van der Waals surface area contributed by atoms with Gasteiger partial charge in [0, 0.05) is 42.9 Å². The summed E-state index contributed by atoms with van der Waals surface area (Å²) in [4.78, 5) is 9.46. The molecule has 3 heteroatoms. The number of hydrogen-bond donors (Lipinski definition) is 1. The summed E-state index contributed by atoms with van der Waals surface area (Å²) in [5.74, 6) is 1.42. The Morgan fingerprint density at radius 3 is 3.05 bits per heavy atom. The van der Waals surface area contributed by atoms with Crippen LogP contribution in [0.4, 0.5) is 0 Å². The van der Waals surface area contributed by atoms with Crippen molar-refractivity contribution in [1.82, 2.24) is 15.3 Å². The van der Waals surface area contributed by atoms with E-state index in [0.717, 1.165) is 38.2 Å². The molecule has 19 heavy (non-hydrogen) atoms. The maximum atomic E-state index is 4.84. The largest absolute Gasteiger partial charge is 0.312 e. The minimum absolute atomic E-state index is 0.399. The molecule has 1 aliphatic carbocycles. The van der Waals surface area contributed by atoms with Gasteiger partial charge in [0.1, 0.15) is 5.82 Å². The van der Waals surface area contributed by atoms with E-state index in [1.54, 1.807) is 0 Å². The van der Waals surface area contributed by atoms with Gasteiger partial charge in [0.05, 0.1) is 0 Å². The number of aromatic nitrogens is 2. The van der Waals surface area contributed by atoms with Gasteiger partial charge < -0.3 is 5.32 Å².